The second-order valence-corrected chi connectivity index (χ2v) is 13.9. The molecule has 0 unspecified atom stereocenters. The summed E-state index contributed by atoms with van der Waals surface area (Å²) in [5, 5.41) is 22.7. The molecule has 0 bridgehead atoms. The molecule has 1 aliphatic heterocycles. The van der Waals surface area contributed by atoms with Gasteiger partial charge in [0.05, 0.1) is 33.4 Å². The number of fused-ring (bicyclic) bond motifs is 1. The zero-order valence-corrected chi connectivity index (χ0v) is 29.7. The fourth-order valence-corrected chi connectivity index (χ4v) is 6.05. The van der Waals surface area contributed by atoms with Crippen molar-refractivity contribution in [2.75, 3.05) is 44.7 Å². The summed E-state index contributed by atoms with van der Waals surface area (Å²) in [4.78, 5) is 41.1. The second-order valence-electron chi connectivity index (χ2n) is 13.5. The fraction of sp³-hybridized carbons (Fsp3) is 0.432. The average molecular weight is 697 g/mol. The average Bonchev–Trinajstić information content (AvgIpc) is 3.17. The number of benzene rings is 3. The van der Waals surface area contributed by atoms with Crippen molar-refractivity contribution in [3.8, 4) is 17.2 Å². The van der Waals surface area contributed by atoms with Crippen LogP contribution in [0.1, 0.15) is 69.8 Å². The van der Waals surface area contributed by atoms with Crippen molar-refractivity contribution in [3.63, 3.8) is 0 Å². The monoisotopic (exact) mass is 696 g/mol. The Labute approximate surface area is 292 Å². The minimum Gasteiger partial charge on any atom is -0.495 e. The third-order valence-electron chi connectivity index (χ3n) is 8.72. The first kappa shape index (κ1) is 37.5. The van der Waals surface area contributed by atoms with Gasteiger partial charge in [0.15, 0.2) is 11.5 Å². The summed E-state index contributed by atoms with van der Waals surface area (Å²) >= 11 is 6.52. The van der Waals surface area contributed by atoms with Crippen LogP contribution >= 0.6 is 11.6 Å². The number of aliphatic hydroxyl groups excluding tert-OH is 1. The molecule has 0 spiro atoms. The predicted octanol–water partition coefficient (Wildman–Crippen LogP) is 6.38. The molecule has 12 heteroatoms. The van der Waals surface area contributed by atoms with Crippen LogP contribution in [0.15, 0.2) is 54.6 Å². The smallest absolute Gasteiger partial charge is 0.303 e. The highest BCUT2D eigenvalue weighted by Gasteiger charge is 2.41. The van der Waals surface area contributed by atoms with Crippen LogP contribution in [-0.4, -0.2) is 68.6 Å². The fourth-order valence-electron chi connectivity index (χ4n) is 5.87. The van der Waals surface area contributed by atoms with Crippen molar-refractivity contribution in [2.45, 2.75) is 64.6 Å². The predicted molar refractivity (Wildman–Crippen MR) is 187 cm³/mol. The van der Waals surface area contributed by atoms with Crippen LogP contribution in [0.4, 0.5) is 11.4 Å². The van der Waals surface area contributed by atoms with Crippen molar-refractivity contribution >= 4 is 40.8 Å². The normalized spacial score (nSPS) is 16.4. The highest BCUT2D eigenvalue weighted by molar-refractivity contribution is 6.30. The second kappa shape index (κ2) is 15.5. The van der Waals surface area contributed by atoms with Gasteiger partial charge in [-0.25, -0.2) is 0 Å². The van der Waals surface area contributed by atoms with Gasteiger partial charge < -0.3 is 39.4 Å². The number of halogens is 1. The molecule has 4 rings (SSSR count). The van der Waals surface area contributed by atoms with Crippen LogP contribution < -0.4 is 24.4 Å². The van der Waals surface area contributed by atoms with E-state index < -0.39 is 40.8 Å². The van der Waals surface area contributed by atoms with Gasteiger partial charge in [-0.1, -0.05) is 57.5 Å². The number of rotatable bonds is 14. The Balaban J connectivity index is 1.77. The molecule has 0 radical (unpaired) electrons. The number of para-hydroxylation sites is 1. The Morgan fingerprint density at radius 3 is 2.31 bits per heavy atom. The van der Waals surface area contributed by atoms with Gasteiger partial charge in [0, 0.05) is 46.8 Å². The van der Waals surface area contributed by atoms with Gasteiger partial charge in [-0.15, -0.1) is 0 Å². The van der Waals surface area contributed by atoms with E-state index >= 15 is 0 Å². The summed E-state index contributed by atoms with van der Waals surface area (Å²) in [6, 6.07) is 15.8. The summed E-state index contributed by atoms with van der Waals surface area (Å²) < 4.78 is 23.4. The molecular formula is C37H45ClN2O9. The zero-order valence-electron chi connectivity index (χ0n) is 29.0. The number of hydrogen-bond acceptors (Lipinski definition) is 8. The number of carboxylic acid groups (broad SMARTS) is 1. The number of carboxylic acids is 1. The largest absolute Gasteiger partial charge is 0.495 e. The summed E-state index contributed by atoms with van der Waals surface area (Å²) in [5.74, 6) is -0.638. The van der Waals surface area contributed by atoms with Gasteiger partial charge in [-0.3, -0.25) is 14.4 Å². The van der Waals surface area contributed by atoms with Gasteiger partial charge >= 0.3 is 5.97 Å². The highest BCUT2D eigenvalue weighted by Crippen LogP contribution is 2.46. The molecule has 0 saturated heterocycles. The maximum atomic E-state index is 14.4. The lowest BCUT2D eigenvalue weighted by Gasteiger charge is -2.32. The van der Waals surface area contributed by atoms with Gasteiger partial charge in [-0.2, -0.15) is 0 Å². The summed E-state index contributed by atoms with van der Waals surface area (Å²) in [6.07, 6.45) is -2.18. The van der Waals surface area contributed by atoms with Crippen molar-refractivity contribution in [1.82, 2.24) is 0 Å². The van der Waals surface area contributed by atoms with E-state index in [1.54, 1.807) is 53.4 Å². The summed E-state index contributed by atoms with van der Waals surface area (Å²) in [7, 11) is 4.51. The number of amides is 2. The molecule has 0 saturated carbocycles. The first-order valence-electron chi connectivity index (χ1n) is 15.9. The summed E-state index contributed by atoms with van der Waals surface area (Å²) in [6.45, 7) is 7.47. The number of hydrogen-bond donors (Lipinski definition) is 3. The lowest BCUT2D eigenvalue weighted by Crippen LogP contribution is -2.46. The van der Waals surface area contributed by atoms with Crippen LogP contribution in [0.2, 0.25) is 5.02 Å². The number of nitrogens with one attached hydrogen (secondary N) is 1. The van der Waals surface area contributed by atoms with E-state index in [1.807, 2.05) is 33.8 Å². The number of aliphatic hydroxyl groups is 1. The summed E-state index contributed by atoms with van der Waals surface area (Å²) in [5.41, 5.74) is 1.61. The number of aliphatic carboxylic acids is 1. The molecule has 0 aromatic heterocycles. The molecule has 1 aliphatic rings. The molecule has 0 aliphatic carbocycles. The van der Waals surface area contributed by atoms with E-state index in [9.17, 15) is 24.6 Å². The quantitative estimate of drug-likeness (QED) is 0.175. The maximum Gasteiger partial charge on any atom is 0.303 e. The van der Waals surface area contributed by atoms with Gasteiger partial charge in [0.2, 0.25) is 5.91 Å². The lowest BCUT2D eigenvalue weighted by molar-refractivity contribution is -0.137. The molecule has 2 amide bonds. The van der Waals surface area contributed by atoms with Crippen molar-refractivity contribution in [1.29, 1.82) is 0 Å². The number of methoxy groups -OCH3 is 3. The van der Waals surface area contributed by atoms with E-state index in [-0.39, 0.29) is 26.0 Å². The zero-order chi connectivity index (χ0) is 36.1. The van der Waals surface area contributed by atoms with E-state index in [0.29, 0.717) is 51.2 Å². The van der Waals surface area contributed by atoms with Crippen LogP contribution in [0.3, 0.4) is 0 Å². The van der Waals surface area contributed by atoms with Crippen LogP contribution in [0.5, 0.6) is 17.2 Å². The molecule has 0 fully saturated rings. The SMILES string of the molecule is COc1ccc(C(C)(C)CCC(=O)O)cc1NC(=O)C[C@H]1O[C@H](c2cccc(OC)c2OC)c2cc(Cl)ccc2N(CC(C)(C)CO)C1=O. The van der Waals surface area contributed by atoms with E-state index in [4.69, 9.17) is 30.5 Å². The van der Waals surface area contributed by atoms with Crippen LogP contribution in [0, 0.1) is 5.41 Å². The number of ether oxygens (including phenoxy) is 4. The molecule has 3 aromatic rings. The van der Waals surface area contributed by atoms with Crippen LogP contribution in [-0.2, 0) is 24.5 Å². The van der Waals surface area contributed by atoms with Crippen molar-refractivity contribution in [3.05, 3.63) is 76.3 Å². The number of anilines is 2. The van der Waals surface area contributed by atoms with Gasteiger partial charge in [0.1, 0.15) is 18.0 Å². The minimum atomic E-state index is -1.28. The Hall–Kier alpha value is -4.32. The van der Waals surface area contributed by atoms with Crippen molar-refractivity contribution < 1.29 is 43.5 Å². The number of carbonyl (C=O) groups excluding carboxylic acids is 2. The number of nitrogens with zero attached hydrogens (tertiary/aromatic N) is 1. The number of carbonyl (C=O) groups is 3. The van der Waals surface area contributed by atoms with Crippen LogP contribution in [0.25, 0.3) is 0 Å². The molecule has 264 valence electrons. The standard InChI is InChI=1S/C37H45ClN2O9/c1-36(2,21-41)20-40-27-13-12-23(38)18-25(27)33(24-9-8-10-29(47-6)34(24)48-7)49-30(35(40)45)19-31(42)39-26-17-22(11-14-28(26)46-5)37(3,4)16-15-32(43)44/h8-14,17-18,30,33,41H,15-16,19-21H2,1-7H3,(H,39,42)(H,43,44)/t30-,33-/m1/s1. The molecular weight excluding hydrogens is 652 g/mol. The van der Waals surface area contributed by atoms with E-state index in [0.717, 1.165) is 5.56 Å². The molecule has 49 heavy (non-hydrogen) atoms. The molecule has 3 N–H and O–H groups in total. The molecule has 1 heterocycles. The first-order chi connectivity index (χ1) is 23.1. The van der Waals surface area contributed by atoms with Gasteiger partial charge in [0.25, 0.3) is 5.91 Å². The maximum absolute atomic E-state index is 14.4. The minimum absolute atomic E-state index is 0.0156. The Kier molecular flexibility index (Phi) is 11.9. The van der Waals surface area contributed by atoms with E-state index in [1.165, 1.54) is 21.3 Å². The lowest BCUT2D eigenvalue weighted by atomic mass is 9.80. The Morgan fingerprint density at radius 2 is 1.67 bits per heavy atom. The molecule has 11 nitrogen and oxygen atoms in total. The third kappa shape index (κ3) is 8.65. The highest BCUT2D eigenvalue weighted by atomic mass is 35.5. The Bertz CT molecular complexity index is 1690. The third-order valence-corrected chi connectivity index (χ3v) is 8.96. The van der Waals surface area contributed by atoms with E-state index in [2.05, 4.69) is 5.32 Å². The first-order valence-corrected chi connectivity index (χ1v) is 16.3. The van der Waals surface area contributed by atoms with Crippen molar-refractivity contribution in [2.24, 2.45) is 5.41 Å². The van der Waals surface area contributed by atoms with Gasteiger partial charge in [-0.05, 0) is 53.8 Å². The molecule has 3 aromatic carbocycles. The Morgan fingerprint density at radius 1 is 0.959 bits per heavy atom. The topological polar surface area (TPSA) is 144 Å². The molecule has 2 atom stereocenters.